The summed E-state index contributed by atoms with van der Waals surface area (Å²) in [5, 5.41) is 7.28. The zero-order chi connectivity index (χ0) is 5.21. The summed E-state index contributed by atoms with van der Waals surface area (Å²) in [7, 11) is 0. The largest absolute Gasteiger partial charge is 0.411 e. The van der Waals surface area contributed by atoms with Gasteiger partial charge in [-0.15, -0.1) is 0 Å². The summed E-state index contributed by atoms with van der Waals surface area (Å²) >= 11 is 0. The molecule has 0 aliphatic heterocycles. The highest BCUT2D eigenvalue weighted by molar-refractivity contribution is 4.39. The number of hydrogen-bond acceptors (Lipinski definition) is 1. The molecule has 5 heteroatoms. The Bertz CT molecular complexity index is 39.4. The number of aliphatic hydroxyl groups excluding tert-OH is 1. The van der Waals surface area contributed by atoms with Crippen LogP contribution in [0.1, 0.15) is 0 Å². The predicted octanol–water partition coefficient (Wildman–Crippen LogP) is 0.694. The van der Waals surface area contributed by atoms with Crippen LogP contribution in [-0.2, 0) is 0 Å². The minimum absolute atomic E-state index is 0. The molecule has 0 aromatic heterocycles. The minimum atomic E-state index is -4.40. The summed E-state index contributed by atoms with van der Waals surface area (Å²) in [5.74, 6) is 0. The van der Waals surface area contributed by atoms with E-state index in [1.165, 1.54) is 0 Å². The van der Waals surface area contributed by atoms with E-state index < -0.39 is 12.8 Å². The van der Waals surface area contributed by atoms with E-state index in [2.05, 4.69) is 0 Å². The molecule has 0 aliphatic rings. The summed E-state index contributed by atoms with van der Waals surface area (Å²) < 4.78 is 31.6. The molecule has 0 bridgehead atoms. The maximum absolute atomic E-state index is 10.5. The van der Waals surface area contributed by atoms with E-state index in [9.17, 15) is 13.2 Å². The summed E-state index contributed by atoms with van der Waals surface area (Å²) in [4.78, 5) is 0. The number of rotatable bonds is 0. The van der Waals surface area contributed by atoms with Gasteiger partial charge in [0.05, 0.1) is 0 Å². The van der Waals surface area contributed by atoms with Crippen molar-refractivity contribution in [2.45, 2.75) is 6.18 Å². The molecule has 1 N–H and O–H groups in total. The Morgan fingerprint density at radius 1 is 1.29 bits per heavy atom. The van der Waals surface area contributed by atoms with E-state index in [1.807, 2.05) is 0 Å². The molecule has 7 heavy (non-hydrogen) atoms. The number of aliphatic hydroxyl groups is 1. The second-order valence-corrected chi connectivity index (χ2v) is 0.773. The standard InChI is InChI=1S/C2H3F3O.FH/c3-2(4,5)1-6;/h6H,1H2;1H. The van der Waals surface area contributed by atoms with Crippen molar-refractivity contribution in [1.29, 1.82) is 0 Å². The average molecular weight is 120 g/mol. The van der Waals surface area contributed by atoms with Crippen LogP contribution in [0.4, 0.5) is 17.9 Å². The van der Waals surface area contributed by atoms with E-state index in [1.54, 1.807) is 0 Å². The number of hydrogen-bond donors (Lipinski definition) is 1. The molecule has 0 amide bonds. The fourth-order valence-corrected chi connectivity index (χ4v) is 0. The Balaban J connectivity index is 0. The molecule has 0 radical (unpaired) electrons. The van der Waals surface area contributed by atoms with Crippen LogP contribution >= 0.6 is 0 Å². The highest BCUT2D eigenvalue weighted by atomic mass is 19.4. The predicted molar refractivity (Wildman–Crippen MR) is 15.6 cm³/mol. The van der Waals surface area contributed by atoms with Gasteiger partial charge in [0.15, 0.2) is 0 Å². The van der Waals surface area contributed by atoms with Crippen molar-refractivity contribution in [3.05, 3.63) is 0 Å². The van der Waals surface area contributed by atoms with Crippen molar-refractivity contribution in [3.8, 4) is 0 Å². The summed E-state index contributed by atoms with van der Waals surface area (Å²) in [6, 6.07) is 0. The zero-order valence-corrected chi connectivity index (χ0v) is 3.20. The van der Waals surface area contributed by atoms with Crippen molar-refractivity contribution in [2.24, 2.45) is 0 Å². The lowest BCUT2D eigenvalue weighted by molar-refractivity contribution is -0.159. The van der Waals surface area contributed by atoms with Gasteiger partial charge in [0.25, 0.3) is 0 Å². The Hall–Kier alpha value is -0.320. The molecule has 0 aromatic rings. The molecular formula is C2H4F4O. The van der Waals surface area contributed by atoms with Crippen LogP contribution in [0.25, 0.3) is 0 Å². The smallest absolute Gasteiger partial charge is 0.387 e. The van der Waals surface area contributed by atoms with Gasteiger partial charge in [-0.3, -0.25) is 4.70 Å². The fourth-order valence-electron chi connectivity index (χ4n) is 0. The van der Waals surface area contributed by atoms with Gasteiger partial charge in [0.2, 0.25) is 0 Å². The van der Waals surface area contributed by atoms with E-state index >= 15 is 0 Å². The first-order chi connectivity index (χ1) is 2.56. The lowest BCUT2D eigenvalue weighted by atomic mass is 10.7. The summed E-state index contributed by atoms with van der Waals surface area (Å²) in [6.07, 6.45) is -4.40. The molecule has 0 fully saturated rings. The van der Waals surface area contributed by atoms with Crippen molar-refractivity contribution >= 4 is 0 Å². The Morgan fingerprint density at radius 2 is 1.43 bits per heavy atom. The van der Waals surface area contributed by atoms with E-state index in [-0.39, 0.29) is 4.70 Å². The molecule has 0 unspecified atom stereocenters. The van der Waals surface area contributed by atoms with Crippen molar-refractivity contribution in [2.75, 3.05) is 6.61 Å². The first kappa shape index (κ1) is 9.84. The molecule has 46 valence electrons. The third kappa shape index (κ3) is 10.7. The third-order valence-electron chi connectivity index (χ3n) is 0.179. The Morgan fingerprint density at radius 3 is 1.43 bits per heavy atom. The van der Waals surface area contributed by atoms with E-state index in [0.717, 1.165) is 0 Å². The van der Waals surface area contributed by atoms with Gasteiger partial charge in [0.1, 0.15) is 6.61 Å². The fraction of sp³-hybridized carbons (Fsp3) is 1.00. The highest BCUT2D eigenvalue weighted by Crippen LogP contribution is 2.11. The molecule has 0 saturated heterocycles. The second-order valence-electron chi connectivity index (χ2n) is 0.773. The molecule has 0 saturated carbocycles. The van der Waals surface area contributed by atoms with Crippen LogP contribution in [-0.4, -0.2) is 17.9 Å². The molecule has 0 heterocycles. The van der Waals surface area contributed by atoms with Gasteiger partial charge in [-0.2, -0.15) is 13.2 Å². The summed E-state index contributed by atoms with van der Waals surface area (Å²) in [6.45, 7) is -1.73. The molecule has 0 aromatic carbocycles. The van der Waals surface area contributed by atoms with Crippen LogP contribution in [0.3, 0.4) is 0 Å². The van der Waals surface area contributed by atoms with Gasteiger partial charge in [-0.25, -0.2) is 0 Å². The highest BCUT2D eigenvalue weighted by Gasteiger charge is 2.24. The topological polar surface area (TPSA) is 20.2 Å². The van der Waals surface area contributed by atoms with Crippen LogP contribution in [0.15, 0.2) is 0 Å². The average Bonchev–Trinajstić information content (AvgIpc) is 1.35. The van der Waals surface area contributed by atoms with E-state index in [0.29, 0.717) is 0 Å². The lowest BCUT2D eigenvalue weighted by Gasteiger charge is -1.95. The van der Waals surface area contributed by atoms with Crippen LogP contribution < -0.4 is 0 Å². The molecule has 0 spiro atoms. The lowest BCUT2D eigenvalue weighted by Crippen LogP contribution is -2.12. The van der Waals surface area contributed by atoms with Crippen molar-refractivity contribution in [3.63, 3.8) is 0 Å². The van der Waals surface area contributed by atoms with Gasteiger partial charge in [0, 0.05) is 0 Å². The number of halogens is 4. The Labute approximate surface area is 37.1 Å². The maximum Gasteiger partial charge on any atom is 0.411 e. The van der Waals surface area contributed by atoms with Crippen LogP contribution in [0, 0.1) is 0 Å². The first-order valence-electron chi connectivity index (χ1n) is 1.24. The van der Waals surface area contributed by atoms with Crippen molar-refractivity contribution in [1.82, 2.24) is 0 Å². The normalized spacial score (nSPS) is 10.3. The molecule has 0 aliphatic carbocycles. The van der Waals surface area contributed by atoms with E-state index in [4.69, 9.17) is 5.11 Å². The quantitative estimate of drug-likeness (QED) is 0.466. The van der Waals surface area contributed by atoms with Gasteiger partial charge < -0.3 is 5.11 Å². The SMILES string of the molecule is F.OCC(F)(F)F. The van der Waals surface area contributed by atoms with Crippen molar-refractivity contribution < 1.29 is 23.0 Å². The second kappa shape index (κ2) is 2.79. The minimum Gasteiger partial charge on any atom is -0.387 e. The van der Waals surface area contributed by atoms with Gasteiger partial charge >= 0.3 is 6.18 Å². The molecular weight excluding hydrogens is 116 g/mol. The van der Waals surface area contributed by atoms with Crippen LogP contribution in [0.2, 0.25) is 0 Å². The first-order valence-corrected chi connectivity index (χ1v) is 1.24. The monoisotopic (exact) mass is 120 g/mol. The van der Waals surface area contributed by atoms with Gasteiger partial charge in [-0.05, 0) is 0 Å². The van der Waals surface area contributed by atoms with Crippen LogP contribution in [0.5, 0.6) is 0 Å². The maximum atomic E-state index is 10.5. The molecule has 0 atom stereocenters. The molecule has 1 nitrogen and oxygen atoms in total. The number of alkyl halides is 3. The Kier molecular flexibility index (Phi) is 3.92. The third-order valence-corrected chi connectivity index (χ3v) is 0.179. The zero-order valence-electron chi connectivity index (χ0n) is 3.20. The molecule has 0 rings (SSSR count). The van der Waals surface area contributed by atoms with Gasteiger partial charge in [-0.1, -0.05) is 0 Å². The summed E-state index contributed by atoms with van der Waals surface area (Å²) in [5.41, 5.74) is 0.